The lowest BCUT2D eigenvalue weighted by molar-refractivity contribution is -0.136. The minimum absolute atomic E-state index is 0.0449. The van der Waals surface area contributed by atoms with Gasteiger partial charge in [-0.1, -0.05) is 23.4 Å². The number of carbonyl (C=O) groups is 5. The number of piperidine rings is 1. The molecule has 5 amide bonds. The third kappa shape index (κ3) is 10.4. The van der Waals surface area contributed by atoms with E-state index in [-0.39, 0.29) is 40.4 Å². The molecule has 5 aromatic rings. The number of nitrogen functional groups attached to an aromatic ring is 1. The first-order valence-electron chi connectivity index (χ1n) is 21.3. The minimum atomic E-state index is -3.76. The van der Waals surface area contributed by atoms with Crippen LogP contribution in [0.5, 0.6) is 0 Å². The molecule has 344 valence electrons. The van der Waals surface area contributed by atoms with Gasteiger partial charge in [-0.25, -0.2) is 23.1 Å². The molecule has 2 saturated heterocycles. The zero-order valence-corrected chi connectivity index (χ0v) is 36.5. The first-order chi connectivity index (χ1) is 32.0. The van der Waals surface area contributed by atoms with E-state index in [9.17, 15) is 32.4 Å². The molecule has 0 bridgehead atoms. The van der Waals surface area contributed by atoms with Gasteiger partial charge in [0.1, 0.15) is 6.04 Å². The molecule has 0 spiro atoms. The number of nitrogens with one attached hydrogen (secondary N) is 3. The van der Waals surface area contributed by atoms with Gasteiger partial charge in [0.2, 0.25) is 21.8 Å². The van der Waals surface area contributed by atoms with Crippen molar-refractivity contribution in [3.05, 3.63) is 102 Å². The topological polar surface area (TPSA) is 279 Å². The molecule has 8 rings (SSSR count). The summed E-state index contributed by atoms with van der Waals surface area (Å²) in [6.45, 7) is 4.69. The molecule has 1 atom stereocenters. The summed E-state index contributed by atoms with van der Waals surface area (Å²) in [6, 6.07) is 13.5. The average Bonchev–Trinajstić information content (AvgIpc) is 3.89. The second kappa shape index (κ2) is 20.4. The van der Waals surface area contributed by atoms with Crippen LogP contribution in [0.3, 0.4) is 0 Å². The SMILES string of the molecule is Nc1ncc(-c2ccc(S(=O)(=O)N3CCN(CCc4cn(CCOCCOCCNc5cccc6c5C(=O)N(C5CCC(=O)NC5=O)C6=O)nn4)CC3)cc2)nc1C(=O)Nc1cccnc1. The number of nitrogens with two attached hydrogens (primary N) is 1. The highest BCUT2D eigenvalue weighted by Crippen LogP contribution is 2.32. The predicted octanol–water partition coefficient (Wildman–Crippen LogP) is 1.06. The quantitative estimate of drug-likeness (QED) is 0.0666. The van der Waals surface area contributed by atoms with Crippen molar-refractivity contribution in [3.63, 3.8) is 0 Å². The Labute approximate surface area is 378 Å². The fourth-order valence-corrected chi connectivity index (χ4v) is 9.13. The van der Waals surface area contributed by atoms with Gasteiger partial charge in [0, 0.05) is 75.8 Å². The lowest BCUT2D eigenvalue weighted by Gasteiger charge is -2.33. The van der Waals surface area contributed by atoms with Gasteiger partial charge in [-0.3, -0.25) is 39.2 Å². The number of nitrogens with zero attached hydrogens (tertiary/aromatic N) is 9. The minimum Gasteiger partial charge on any atom is -0.382 e. The van der Waals surface area contributed by atoms with E-state index < -0.39 is 45.6 Å². The summed E-state index contributed by atoms with van der Waals surface area (Å²) >= 11 is 0. The molecule has 23 heteroatoms. The molecule has 22 nitrogen and oxygen atoms in total. The first-order valence-corrected chi connectivity index (χ1v) is 22.7. The molecule has 3 aliphatic heterocycles. The summed E-state index contributed by atoms with van der Waals surface area (Å²) in [7, 11) is -3.76. The Morgan fingerprint density at radius 3 is 2.44 bits per heavy atom. The lowest BCUT2D eigenvalue weighted by Crippen LogP contribution is -2.54. The maximum absolute atomic E-state index is 13.6. The molecule has 5 N–H and O–H groups in total. The number of carbonyl (C=O) groups excluding carboxylic acids is 5. The van der Waals surface area contributed by atoms with Crippen LogP contribution in [0.1, 0.15) is 49.7 Å². The van der Waals surface area contributed by atoms with Crippen molar-refractivity contribution >= 4 is 56.8 Å². The summed E-state index contributed by atoms with van der Waals surface area (Å²) in [6.07, 6.45) is 7.15. The van der Waals surface area contributed by atoms with Gasteiger partial charge in [-0.2, -0.15) is 4.31 Å². The number of hydrogen-bond donors (Lipinski definition) is 4. The summed E-state index contributed by atoms with van der Waals surface area (Å²) < 4.78 is 41.7. The van der Waals surface area contributed by atoms with E-state index >= 15 is 0 Å². The number of hydrogen-bond acceptors (Lipinski definition) is 17. The number of benzene rings is 2. The Bertz CT molecular complexity index is 2710. The van der Waals surface area contributed by atoms with E-state index in [1.54, 1.807) is 53.3 Å². The number of piperazine rings is 1. The maximum atomic E-state index is 13.6. The average molecular weight is 922 g/mol. The van der Waals surface area contributed by atoms with Gasteiger partial charge >= 0.3 is 0 Å². The van der Waals surface area contributed by atoms with E-state index in [1.165, 1.54) is 28.8 Å². The normalized spacial score (nSPS) is 16.9. The number of ether oxygens (including phenoxy) is 2. The van der Waals surface area contributed by atoms with Crippen molar-refractivity contribution in [2.75, 3.05) is 82.1 Å². The number of fused-ring (bicyclic) bond motifs is 1. The van der Waals surface area contributed by atoms with Crippen molar-refractivity contribution in [1.82, 2.24) is 49.4 Å². The summed E-state index contributed by atoms with van der Waals surface area (Å²) in [5.41, 5.74) is 8.94. The van der Waals surface area contributed by atoms with Crippen LogP contribution in [0.2, 0.25) is 0 Å². The van der Waals surface area contributed by atoms with E-state index in [1.807, 2.05) is 6.20 Å². The van der Waals surface area contributed by atoms with Gasteiger partial charge in [-0.05, 0) is 42.8 Å². The molecule has 3 aromatic heterocycles. The van der Waals surface area contributed by atoms with Crippen molar-refractivity contribution < 1.29 is 41.9 Å². The highest BCUT2D eigenvalue weighted by atomic mass is 32.2. The van der Waals surface area contributed by atoms with Gasteiger partial charge in [0.15, 0.2) is 11.5 Å². The third-order valence-electron chi connectivity index (χ3n) is 11.2. The second-order valence-electron chi connectivity index (χ2n) is 15.5. The Hall–Kier alpha value is -7.05. The largest absolute Gasteiger partial charge is 0.382 e. The van der Waals surface area contributed by atoms with E-state index in [0.717, 1.165) is 10.6 Å². The molecule has 0 aliphatic carbocycles. The number of pyridine rings is 1. The molecule has 3 aliphatic rings. The molecule has 66 heavy (non-hydrogen) atoms. The molecular formula is C43H47N13O9S. The number of imide groups is 2. The van der Waals surface area contributed by atoms with E-state index in [4.69, 9.17) is 15.2 Å². The number of rotatable bonds is 19. The van der Waals surface area contributed by atoms with Crippen LogP contribution in [-0.2, 0) is 42.1 Å². The molecule has 2 aromatic carbocycles. The van der Waals surface area contributed by atoms with Gasteiger partial charge in [0.25, 0.3) is 17.7 Å². The Morgan fingerprint density at radius 1 is 0.894 bits per heavy atom. The van der Waals surface area contributed by atoms with Crippen molar-refractivity contribution in [1.29, 1.82) is 0 Å². The smallest absolute Gasteiger partial charge is 0.278 e. The summed E-state index contributed by atoms with van der Waals surface area (Å²) in [4.78, 5) is 78.9. The molecular weight excluding hydrogens is 875 g/mol. The van der Waals surface area contributed by atoms with Crippen LogP contribution >= 0.6 is 0 Å². The van der Waals surface area contributed by atoms with Crippen LogP contribution in [0.15, 0.2) is 84.3 Å². The lowest BCUT2D eigenvalue weighted by atomic mass is 10.0. The first kappa shape index (κ1) is 45.5. The molecule has 0 saturated carbocycles. The second-order valence-corrected chi connectivity index (χ2v) is 17.4. The molecule has 1 unspecified atom stereocenters. The Kier molecular flexibility index (Phi) is 14.1. The van der Waals surface area contributed by atoms with Crippen LogP contribution < -0.4 is 21.7 Å². The Balaban J connectivity index is 0.705. The monoisotopic (exact) mass is 921 g/mol. The van der Waals surface area contributed by atoms with Crippen LogP contribution in [0.25, 0.3) is 11.3 Å². The number of amides is 5. The highest BCUT2D eigenvalue weighted by Gasteiger charge is 2.45. The van der Waals surface area contributed by atoms with Crippen molar-refractivity contribution in [3.8, 4) is 11.3 Å². The van der Waals surface area contributed by atoms with Crippen molar-refractivity contribution in [2.45, 2.75) is 36.7 Å². The van der Waals surface area contributed by atoms with E-state index in [2.05, 4.69) is 46.1 Å². The predicted molar refractivity (Wildman–Crippen MR) is 236 cm³/mol. The summed E-state index contributed by atoms with van der Waals surface area (Å²) in [5, 5.41) is 16.5. The Morgan fingerprint density at radius 2 is 1.68 bits per heavy atom. The fraction of sp³-hybridized carbons (Fsp3) is 0.349. The van der Waals surface area contributed by atoms with Gasteiger partial charge in [0.05, 0.1) is 78.5 Å². The zero-order valence-electron chi connectivity index (χ0n) is 35.7. The molecule has 0 radical (unpaired) electrons. The standard InChI is InChI=1S/C43H47N13O9S/c44-39-38(41(59)48-29-3-2-13-45-25-29)49-34(26-47-39)28-6-8-31(9-7-28)66(62,63)55-18-16-53(17-19-55)15-12-30-27-54(52-51-30)20-22-65-24-23-64-21-14-46-33-5-1-4-32-37(33)43(61)56(42(32)60)35-10-11-36(57)50-40(35)58/h1-9,13,25-27,35,46H,10-12,14-24H2,(H2,44,47)(H,48,59)(H,50,57,58). The van der Waals surface area contributed by atoms with Crippen LogP contribution in [-0.4, -0.2) is 154 Å². The summed E-state index contributed by atoms with van der Waals surface area (Å²) in [5.74, 6) is -2.83. The number of aromatic nitrogens is 6. The van der Waals surface area contributed by atoms with Crippen LogP contribution in [0.4, 0.5) is 17.2 Å². The third-order valence-corrected chi connectivity index (χ3v) is 13.1. The van der Waals surface area contributed by atoms with Gasteiger partial charge < -0.3 is 30.7 Å². The van der Waals surface area contributed by atoms with Crippen LogP contribution in [0, 0.1) is 0 Å². The number of sulfonamides is 1. The highest BCUT2D eigenvalue weighted by molar-refractivity contribution is 7.89. The van der Waals surface area contributed by atoms with E-state index in [0.29, 0.717) is 101 Å². The molecule has 2 fully saturated rings. The number of anilines is 3. The maximum Gasteiger partial charge on any atom is 0.278 e. The van der Waals surface area contributed by atoms with Gasteiger partial charge in [-0.15, -0.1) is 5.10 Å². The molecule has 6 heterocycles. The zero-order chi connectivity index (χ0) is 46.2. The van der Waals surface area contributed by atoms with Crippen molar-refractivity contribution in [2.24, 2.45) is 0 Å². The fourth-order valence-electron chi connectivity index (χ4n) is 7.71.